The number of methoxy groups -OCH3 is 1. The van der Waals surface area contributed by atoms with Gasteiger partial charge in [0.1, 0.15) is 5.82 Å². The number of amides is 1. The van der Waals surface area contributed by atoms with Crippen molar-refractivity contribution in [1.29, 1.82) is 0 Å². The van der Waals surface area contributed by atoms with Gasteiger partial charge < -0.3 is 19.2 Å². The van der Waals surface area contributed by atoms with E-state index in [0.717, 1.165) is 76.7 Å². The molecule has 0 saturated heterocycles. The van der Waals surface area contributed by atoms with E-state index in [1.165, 1.54) is 19.3 Å². The monoisotopic (exact) mass is 616 g/mol. The van der Waals surface area contributed by atoms with Gasteiger partial charge in [0.25, 0.3) is 5.91 Å². The maximum atomic E-state index is 14.0. The first-order chi connectivity index (χ1) is 22.3. The van der Waals surface area contributed by atoms with Crippen molar-refractivity contribution in [2.45, 2.75) is 76.8 Å². The molecule has 9 nitrogen and oxygen atoms in total. The largest absolute Gasteiger partial charge is 0.481 e. The number of imidazole rings is 1. The summed E-state index contributed by atoms with van der Waals surface area (Å²) in [5, 5.41) is 4.44. The number of nitrogens with one attached hydrogen (secondary N) is 1. The van der Waals surface area contributed by atoms with Crippen molar-refractivity contribution < 1.29 is 14.3 Å². The Labute approximate surface area is 268 Å². The summed E-state index contributed by atoms with van der Waals surface area (Å²) in [7, 11) is 3.62. The van der Waals surface area contributed by atoms with Crippen molar-refractivity contribution in [2.75, 3.05) is 7.11 Å². The molecule has 1 amide bonds. The molecule has 0 spiro atoms. The van der Waals surface area contributed by atoms with Crippen LogP contribution in [-0.2, 0) is 17.4 Å². The van der Waals surface area contributed by atoms with Gasteiger partial charge in [0.15, 0.2) is 11.6 Å². The van der Waals surface area contributed by atoms with Crippen LogP contribution in [0.25, 0.3) is 39.5 Å². The molecule has 2 aromatic carbocycles. The topological polar surface area (TPSA) is 104 Å². The number of hydrogen-bond acceptors (Lipinski definition) is 6. The summed E-state index contributed by atoms with van der Waals surface area (Å²) in [4.78, 5) is 39.9. The number of rotatable bonds is 8. The van der Waals surface area contributed by atoms with Gasteiger partial charge >= 0.3 is 0 Å². The van der Waals surface area contributed by atoms with Crippen molar-refractivity contribution >= 4 is 39.7 Å². The Kier molecular flexibility index (Phi) is 7.71. The summed E-state index contributed by atoms with van der Waals surface area (Å²) in [5.41, 5.74) is 6.00. The number of allylic oxidation sites excluding steroid dienone is 1. The number of aryl methyl sites for hydroxylation is 2. The third-order valence-corrected chi connectivity index (χ3v) is 9.91. The first-order valence-electron chi connectivity index (χ1n) is 16.3. The zero-order chi connectivity index (χ0) is 32.0. The molecule has 3 aromatic heterocycles. The Morgan fingerprint density at radius 3 is 2.52 bits per heavy atom. The van der Waals surface area contributed by atoms with Gasteiger partial charge in [-0.25, -0.2) is 9.97 Å². The second kappa shape index (κ2) is 11.9. The van der Waals surface area contributed by atoms with Gasteiger partial charge in [-0.1, -0.05) is 31.4 Å². The van der Waals surface area contributed by atoms with E-state index in [0.29, 0.717) is 23.3 Å². The SMILES string of the molecule is COc1ccnc(-c2c(C)c3cc(C(=O)NC4(c5nc6ccc(/C=C/C(C)=O)cc6n5C)CCC4)ccc3n2C2CCCCC2)n1. The first kappa shape index (κ1) is 29.9. The fraction of sp³-hybridized carbons (Fsp3) is 0.378. The Balaban J connectivity index is 1.25. The van der Waals surface area contributed by atoms with Gasteiger partial charge in [0.05, 0.1) is 29.4 Å². The summed E-state index contributed by atoms with van der Waals surface area (Å²) in [6.07, 6.45) is 13.7. The van der Waals surface area contributed by atoms with Crippen LogP contribution in [0.3, 0.4) is 0 Å². The van der Waals surface area contributed by atoms with E-state index in [4.69, 9.17) is 14.7 Å². The molecule has 0 unspecified atom stereocenters. The molecule has 236 valence electrons. The fourth-order valence-corrected chi connectivity index (χ4v) is 7.36. The van der Waals surface area contributed by atoms with E-state index >= 15 is 0 Å². The first-order valence-corrected chi connectivity index (χ1v) is 16.3. The van der Waals surface area contributed by atoms with Gasteiger partial charge in [-0.15, -0.1) is 0 Å². The van der Waals surface area contributed by atoms with Crippen molar-refractivity contribution in [3.8, 4) is 17.4 Å². The quantitative estimate of drug-likeness (QED) is 0.185. The van der Waals surface area contributed by atoms with Crippen molar-refractivity contribution in [3.05, 3.63) is 77.3 Å². The van der Waals surface area contributed by atoms with Gasteiger partial charge in [0.2, 0.25) is 5.88 Å². The number of nitrogens with zero attached hydrogens (tertiary/aromatic N) is 5. The van der Waals surface area contributed by atoms with E-state index in [1.807, 2.05) is 43.5 Å². The molecule has 2 saturated carbocycles. The van der Waals surface area contributed by atoms with Gasteiger partial charge in [-0.2, -0.15) is 4.98 Å². The highest BCUT2D eigenvalue weighted by molar-refractivity contribution is 6.01. The number of carbonyl (C=O) groups is 2. The van der Waals surface area contributed by atoms with Crippen LogP contribution in [0.4, 0.5) is 0 Å². The second-order valence-corrected chi connectivity index (χ2v) is 12.9. The molecule has 2 aliphatic carbocycles. The number of ketones is 1. The van der Waals surface area contributed by atoms with E-state index in [-0.39, 0.29) is 11.7 Å². The zero-order valence-electron chi connectivity index (χ0n) is 27.0. The highest BCUT2D eigenvalue weighted by Gasteiger charge is 2.44. The van der Waals surface area contributed by atoms with Crippen molar-refractivity contribution in [2.24, 2.45) is 7.05 Å². The van der Waals surface area contributed by atoms with E-state index < -0.39 is 5.54 Å². The molecule has 3 heterocycles. The number of benzene rings is 2. The smallest absolute Gasteiger partial charge is 0.252 e. The summed E-state index contributed by atoms with van der Waals surface area (Å²) in [5.74, 6) is 1.92. The summed E-state index contributed by atoms with van der Waals surface area (Å²) >= 11 is 0. The molecule has 0 atom stereocenters. The Hall–Kier alpha value is -4.79. The Bertz CT molecular complexity index is 2010. The molecule has 1 N–H and O–H groups in total. The lowest BCUT2D eigenvalue weighted by Crippen LogP contribution is -2.52. The van der Waals surface area contributed by atoms with Gasteiger partial charge in [-0.3, -0.25) is 9.59 Å². The van der Waals surface area contributed by atoms with E-state index in [9.17, 15) is 9.59 Å². The van der Waals surface area contributed by atoms with Crippen LogP contribution in [0, 0.1) is 6.92 Å². The predicted molar refractivity (Wildman–Crippen MR) is 180 cm³/mol. The number of aromatic nitrogens is 5. The van der Waals surface area contributed by atoms with E-state index in [1.54, 1.807) is 32.4 Å². The minimum atomic E-state index is -0.544. The summed E-state index contributed by atoms with van der Waals surface area (Å²) in [6.45, 7) is 3.65. The van der Waals surface area contributed by atoms with Crippen molar-refractivity contribution in [3.63, 3.8) is 0 Å². The normalized spacial score (nSPS) is 16.6. The molecule has 2 aliphatic rings. The Morgan fingerprint density at radius 2 is 1.80 bits per heavy atom. The second-order valence-electron chi connectivity index (χ2n) is 12.9. The molecule has 0 aliphatic heterocycles. The number of ether oxygens (including phenoxy) is 1. The molecule has 46 heavy (non-hydrogen) atoms. The lowest BCUT2D eigenvalue weighted by Gasteiger charge is -2.41. The standard InChI is InChI=1S/C37H40N6O3/c1-23(44)11-12-25-13-15-29-31(21-25)42(3)36(39-29)37(18-8-19-37)41-35(45)26-14-16-30-28(22-26)24(2)33(34-38-20-17-32(40-34)46-4)43(30)27-9-6-5-7-10-27/h11-17,20-22,27H,5-10,18-19H2,1-4H3,(H,41,45)/b12-11+. The maximum Gasteiger partial charge on any atom is 0.252 e. The van der Waals surface area contributed by atoms with Crippen LogP contribution >= 0.6 is 0 Å². The minimum absolute atomic E-state index is 0.00529. The predicted octanol–water partition coefficient (Wildman–Crippen LogP) is 7.22. The Morgan fingerprint density at radius 1 is 1.00 bits per heavy atom. The fourth-order valence-electron chi connectivity index (χ4n) is 7.36. The molecule has 9 heteroatoms. The zero-order valence-corrected chi connectivity index (χ0v) is 27.0. The lowest BCUT2D eigenvalue weighted by molar-refractivity contribution is -0.112. The third-order valence-electron chi connectivity index (χ3n) is 9.91. The lowest BCUT2D eigenvalue weighted by atomic mass is 9.75. The average molecular weight is 617 g/mol. The van der Waals surface area contributed by atoms with Crippen LogP contribution < -0.4 is 10.1 Å². The molecular formula is C37H40N6O3. The van der Waals surface area contributed by atoms with Crippen LogP contribution in [0.5, 0.6) is 5.88 Å². The van der Waals surface area contributed by atoms with Crippen LogP contribution in [-0.4, -0.2) is 42.9 Å². The highest BCUT2D eigenvalue weighted by Crippen LogP contribution is 2.43. The number of hydrogen-bond donors (Lipinski definition) is 1. The van der Waals surface area contributed by atoms with Gasteiger partial charge in [-0.05, 0) is 93.5 Å². The van der Waals surface area contributed by atoms with Gasteiger partial charge in [0, 0.05) is 41.8 Å². The molecule has 2 fully saturated rings. The number of fused-ring (bicyclic) bond motifs is 2. The molecule has 0 radical (unpaired) electrons. The third kappa shape index (κ3) is 5.17. The molecular weight excluding hydrogens is 576 g/mol. The average Bonchev–Trinajstić information content (AvgIpc) is 3.55. The summed E-state index contributed by atoms with van der Waals surface area (Å²) in [6, 6.07) is 14.2. The molecule has 7 rings (SSSR count). The van der Waals surface area contributed by atoms with Crippen LogP contribution in [0.1, 0.15) is 91.6 Å². The van der Waals surface area contributed by atoms with E-state index in [2.05, 4.69) is 32.4 Å². The minimum Gasteiger partial charge on any atom is -0.481 e. The molecule has 5 aromatic rings. The van der Waals surface area contributed by atoms with Crippen LogP contribution in [0.2, 0.25) is 0 Å². The van der Waals surface area contributed by atoms with Crippen molar-refractivity contribution in [1.82, 2.24) is 29.4 Å². The number of carbonyl (C=O) groups excluding carboxylic acids is 2. The highest BCUT2D eigenvalue weighted by atomic mass is 16.5. The van der Waals surface area contributed by atoms with Crippen LogP contribution in [0.15, 0.2) is 54.7 Å². The summed E-state index contributed by atoms with van der Waals surface area (Å²) < 4.78 is 9.93. The molecule has 0 bridgehead atoms. The maximum absolute atomic E-state index is 14.0.